The average Bonchev–Trinajstić information content (AvgIpc) is 2.02. The highest BCUT2D eigenvalue weighted by molar-refractivity contribution is 7.88. The third-order valence-corrected chi connectivity index (χ3v) is 2.41. The van der Waals surface area contributed by atoms with Gasteiger partial charge in [-0.05, 0) is 0 Å². The van der Waals surface area contributed by atoms with Crippen LogP contribution in [0, 0.1) is 0 Å². The molecule has 1 fully saturated rings. The van der Waals surface area contributed by atoms with Crippen molar-refractivity contribution in [3.8, 4) is 0 Å². The van der Waals surface area contributed by atoms with Gasteiger partial charge in [0.05, 0.1) is 6.26 Å². The molecule has 1 aliphatic heterocycles. The molecule has 0 saturated carbocycles. The largest absolute Gasteiger partial charge is 0.314 e. The van der Waals surface area contributed by atoms with E-state index in [1.165, 1.54) is 6.26 Å². The Bertz CT molecular complexity index is 221. The lowest BCUT2D eigenvalue weighted by Crippen LogP contribution is -2.53. The van der Waals surface area contributed by atoms with Gasteiger partial charge in [0.15, 0.2) is 0 Å². The summed E-state index contributed by atoms with van der Waals surface area (Å²) in [6.07, 6.45) is 1.17. The second kappa shape index (κ2) is 4.18. The van der Waals surface area contributed by atoms with E-state index in [0.29, 0.717) is 6.54 Å². The number of rotatable bonds is 3. The van der Waals surface area contributed by atoms with Crippen LogP contribution in [0.4, 0.5) is 0 Å². The van der Waals surface area contributed by atoms with Crippen molar-refractivity contribution in [1.29, 1.82) is 0 Å². The van der Waals surface area contributed by atoms with Gasteiger partial charge in [-0.25, -0.2) is 13.1 Å². The van der Waals surface area contributed by atoms with E-state index < -0.39 is 10.0 Å². The molecule has 1 atom stereocenters. The third kappa shape index (κ3) is 4.01. The van der Waals surface area contributed by atoms with Crippen LogP contribution in [0.5, 0.6) is 0 Å². The molecule has 0 aromatic carbocycles. The van der Waals surface area contributed by atoms with E-state index in [1.54, 1.807) is 0 Å². The maximum atomic E-state index is 10.7. The van der Waals surface area contributed by atoms with Crippen LogP contribution in [-0.2, 0) is 10.0 Å². The van der Waals surface area contributed by atoms with E-state index in [1.807, 2.05) is 0 Å². The molecule has 0 spiro atoms. The second-order valence-corrected chi connectivity index (χ2v) is 4.81. The first-order valence-electron chi connectivity index (χ1n) is 3.97. The van der Waals surface area contributed by atoms with E-state index in [9.17, 15) is 8.42 Å². The lowest BCUT2D eigenvalue weighted by molar-refractivity contribution is 0.415. The first-order valence-corrected chi connectivity index (χ1v) is 5.86. The molecule has 3 N–H and O–H groups in total. The molecule has 1 aliphatic rings. The van der Waals surface area contributed by atoms with Gasteiger partial charge in [-0.15, -0.1) is 0 Å². The predicted octanol–water partition coefficient (Wildman–Crippen LogP) is -1.90. The van der Waals surface area contributed by atoms with Crippen LogP contribution in [-0.4, -0.2) is 46.9 Å². The van der Waals surface area contributed by atoms with Crippen molar-refractivity contribution in [3.63, 3.8) is 0 Å². The maximum Gasteiger partial charge on any atom is 0.208 e. The van der Waals surface area contributed by atoms with Gasteiger partial charge in [-0.1, -0.05) is 0 Å². The summed E-state index contributed by atoms with van der Waals surface area (Å²) in [5, 5.41) is 6.38. The molecule has 0 amide bonds. The van der Waals surface area contributed by atoms with Crippen molar-refractivity contribution < 1.29 is 8.42 Å². The summed E-state index contributed by atoms with van der Waals surface area (Å²) in [6.45, 7) is 3.14. The first-order chi connectivity index (χ1) is 5.58. The SMILES string of the molecule is CS(=O)(=O)NCC1CNCCN1. The lowest BCUT2D eigenvalue weighted by Gasteiger charge is -2.24. The Labute approximate surface area is 73.0 Å². The van der Waals surface area contributed by atoms with Crippen molar-refractivity contribution in [2.75, 3.05) is 32.4 Å². The topological polar surface area (TPSA) is 70.2 Å². The van der Waals surface area contributed by atoms with Crippen LogP contribution < -0.4 is 15.4 Å². The molecule has 1 saturated heterocycles. The van der Waals surface area contributed by atoms with E-state index in [4.69, 9.17) is 0 Å². The molecular weight excluding hydrogens is 178 g/mol. The Balaban J connectivity index is 2.22. The molecule has 0 aliphatic carbocycles. The summed E-state index contributed by atoms with van der Waals surface area (Å²) < 4.78 is 23.9. The quantitative estimate of drug-likeness (QED) is 0.489. The lowest BCUT2D eigenvalue weighted by atomic mass is 10.2. The fraction of sp³-hybridized carbons (Fsp3) is 1.00. The Morgan fingerprint density at radius 1 is 1.50 bits per heavy atom. The van der Waals surface area contributed by atoms with Gasteiger partial charge in [-0.3, -0.25) is 0 Å². The molecule has 1 heterocycles. The molecule has 0 aromatic heterocycles. The third-order valence-electron chi connectivity index (χ3n) is 1.72. The highest BCUT2D eigenvalue weighted by Gasteiger charge is 2.12. The Morgan fingerprint density at radius 2 is 2.25 bits per heavy atom. The summed E-state index contributed by atoms with van der Waals surface area (Å²) >= 11 is 0. The first kappa shape index (κ1) is 9.91. The van der Waals surface area contributed by atoms with E-state index in [0.717, 1.165) is 19.6 Å². The molecule has 72 valence electrons. The smallest absolute Gasteiger partial charge is 0.208 e. The number of nitrogens with one attached hydrogen (secondary N) is 3. The Hall–Kier alpha value is -0.170. The van der Waals surface area contributed by atoms with Gasteiger partial charge in [0.25, 0.3) is 0 Å². The monoisotopic (exact) mass is 193 g/mol. The number of piperazine rings is 1. The minimum absolute atomic E-state index is 0.216. The van der Waals surface area contributed by atoms with Gasteiger partial charge < -0.3 is 10.6 Å². The summed E-state index contributed by atoms with van der Waals surface area (Å²) in [4.78, 5) is 0. The van der Waals surface area contributed by atoms with Crippen LogP contribution in [0.1, 0.15) is 0 Å². The molecule has 1 unspecified atom stereocenters. The standard InChI is InChI=1S/C6H15N3O2S/c1-12(10,11)9-5-6-4-7-2-3-8-6/h6-9H,2-5H2,1H3. The molecule has 0 aromatic rings. The van der Waals surface area contributed by atoms with Gasteiger partial charge in [0.1, 0.15) is 0 Å². The Morgan fingerprint density at radius 3 is 2.75 bits per heavy atom. The van der Waals surface area contributed by atoms with Gasteiger partial charge in [0.2, 0.25) is 10.0 Å². The van der Waals surface area contributed by atoms with Crippen molar-refractivity contribution in [2.24, 2.45) is 0 Å². The summed E-state index contributed by atoms with van der Waals surface area (Å²) in [7, 11) is -3.04. The predicted molar refractivity (Wildman–Crippen MR) is 47.5 cm³/mol. The molecule has 12 heavy (non-hydrogen) atoms. The van der Waals surface area contributed by atoms with Crippen LogP contribution in [0.25, 0.3) is 0 Å². The van der Waals surface area contributed by atoms with Crippen molar-refractivity contribution >= 4 is 10.0 Å². The fourth-order valence-electron chi connectivity index (χ4n) is 1.11. The minimum atomic E-state index is -3.04. The summed E-state index contributed by atoms with van der Waals surface area (Å²) in [5.74, 6) is 0. The second-order valence-electron chi connectivity index (χ2n) is 2.98. The summed E-state index contributed by atoms with van der Waals surface area (Å²) in [6, 6.07) is 0.216. The van der Waals surface area contributed by atoms with Crippen molar-refractivity contribution in [2.45, 2.75) is 6.04 Å². The maximum absolute atomic E-state index is 10.7. The van der Waals surface area contributed by atoms with Crippen molar-refractivity contribution in [1.82, 2.24) is 15.4 Å². The van der Waals surface area contributed by atoms with Gasteiger partial charge in [0, 0.05) is 32.2 Å². The molecule has 5 nitrogen and oxygen atoms in total. The number of hydrogen-bond donors (Lipinski definition) is 3. The fourth-order valence-corrected chi connectivity index (χ4v) is 1.61. The van der Waals surface area contributed by atoms with Crippen LogP contribution in [0.2, 0.25) is 0 Å². The van der Waals surface area contributed by atoms with Crippen LogP contribution in [0.15, 0.2) is 0 Å². The molecule has 1 rings (SSSR count). The zero-order valence-corrected chi connectivity index (χ0v) is 7.95. The van der Waals surface area contributed by atoms with E-state index in [-0.39, 0.29) is 6.04 Å². The highest BCUT2D eigenvalue weighted by atomic mass is 32.2. The number of sulfonamides is 1. The molecule has 0 bridgehead atoms. The average molecular weight is 193 g/mol. The van der Waals surface area contributed by atoms with Crippen LogP contribution >= 0.6 is 0 Å². The minimum Gasteiger partial charge on any atom is -0.314 e. The van der Waals surface area contributed by atoms with Gasteiger partial charge >= 0.3 is 0 Å². The zero-order chi connectivity index (χ0) is 9.03. The van der Waals surface area contributed by atoms with Gasteiger partial charge in [-0.2, -0.15) is 0 Å². The van der Waals surface area contributed by atoms with E-state index >= 15 is 0 Å². The molecule has 0 radical (unpaired) electrons. The highest BCUT2D eigenvalue weighted by Crippen LogP contribution is 1.85. The number of hydrogen-bond acceptors (Lipinski definition) is 4. The molecule has 6 heteroatoms. The van der Waals surface area contributed by atoms with Crippen molar-refractivity contribution in [3.05, 3.63) is 0 Å². The zero-order valence-electron chi connectivity index (χ0n) is 7.13. The summed E-state index contributed by atoms with van der Waals surface area (Å²) in [5.41, 5.74) is 0. The Kier molecular flexibility index (Phi) is 3.45. The normalized spacial score (nSPS) is 25.6. The van der Waals surface area contributed by atoms with E-state index in [2.05, 4.69) is 15.4 Å². The molecular formula is C6H15N3O2S. The van der Waals surface area contributed by atoms with Crippen LogP contribution in [0.3, 0.4) is 0 Å².